The summed E-state index contributed by atoms with van der Waals surface area (Å²) in [6.07, 6.45) is 9.73. The van der Waals surface area contributed by atoms with Gasteiger partial charge in [0.15, 0.2) is 12.3 Å². The number of ketones is 1. The Kier molecular flexibility index (Phi) is 4.77. The molecule has 0 saturated heterocycles. The zero-order valence-electron chi connectivity index (χ0n) is 14.2. The summed E-state index contributed by atoms with van der Waals surface area (Å²) in [6.45, 7) is 2.23. The van der Waals surface area contributed by atoms with Gasteiger partial charge in [-0.25, -0.2) is 5.26 Å². The summed E-state index contributed by atoms with van der Waals surface area (Å²) in [7, 11) is 0. The highest BCUT2D eigenvalue weighted by Crippen LogP contribution is 2.60. The molecule has 2 fully saturated rings. The lowest BCUT2D eigenvalue weighted by molar-refractivity contribution is -0.434. The molecule has 4 rings (SSSR count). The Labute approximate surface area is 147 Å². The Morgan fingerprint density at radius 3 is 2.88 bits per heavy atom. The van der Waals surface area contributed by atoms with Crippen molar-refractivity contribution in [1.82, 2.24) is 0 Å². The van der Waals surface area contributed by atoms with E-state index in [0.717, 1.165) is 44.9 Å². The molecule has 5 atom stereocenters. The number of hydrogen-bond acceptors (Lipinski definition) is 6. The van der Waals surface area contributed by atoms with E-state index in [2.05, 4.69) is 16.3 Å². The van der Waals surface area contributed by atoms with E-state index in [1.54, 1.807) is 11.1 Å². The fraction of sp³-hybridized carbons (Fsp3) is 0.833. The molecule has 4 aliphatic rings. The molecule has 0 radical (unpaired) electrons. The van der Waals surface area contributed by atoms with Crippen LogP contribution in [0.5, 0.6) is 0 Å². The lowest BCUT2D eigenvalue weighted by atomic mass is 9.54. The van der Waals surface area contributed by atoms with Crippen molar-refractivity contribution in [3.63, 3.8) is 0 Å². The van der Waals surface area contributed by atoms with Gasteiger partial charge in [-0.3, -0.25) is 8.98 Å². The third-order valence-electron chi connectivity index (χ3n) is 7.27. The van der Waals surface area contributed by atoms with Gasteiger partial charge in [-0.05, 0) is 69.1 Å². The van der Waals surface area contributed by atoms with E-state index in [-0.39, 0.29) is 11.5 Å². The minimum atomic E-state index is -0.0299. The van der Waals surface area contributed by atoms with E-state index >= 15 is 0 Å². The molecule has 24 heavy (non-hydrogen) atoms. The van der Waals surface area contributed by atoms with Crippen LogP contribution in [0.2, 0.25) is 0 Å². The van der Waals surface area contributed by atoms with Gasteiger partial charge < -0.3 is 0 Å². The largest absolute Gasteiger partial charge is 0.299 e. The highest BCUT2D eigenvalue weighted by atomic mass is 32.2. The standard InChI is InChI=1S/C18H26O5S/c1-18-9-8-14-13-5-3-12(21-24-23-22-20)10-11(13)2-4-15(14)16(18)6-7-17(18)19/h12,14-16,20H,2-10H2,1H3/t12-,14?,15?,16?,18?/m0/s1. The first kappa shape index (κ1) is 17.0. The summed E-state index contributed by atoms with van der Waals surface area (Å²) in [4.78, 5) is 12.4. The van der Waals surface area contributed by atoms with Gasteiger partial charge in [-0.2, -0.15) is 0 Å². The van der Waals surface area contributed by atoms with E-state index in [9.17, 15) is 4.79 Å². The fourth-order valence-electron chi connectivity index (χ4n) is 6.11. The lowest BCUT2D eigenvalue weighted by Gasteiger charge is -2.50. The normalized spacial score (nSPS) is 41.8. The molecule has 6 heteroatoms. The van der Waals surface area contributed by atoms with Crippen LogP contribution >= 0.6 is 12.3 Å². The zero-order valence-corrected chi connectivity index (χ0v) is 15.0. The van der Waals surface area contributed by atoms with E-state index in [0.29, 0.717) is 35.9 Å². The average molecular weight is 354 g/mol. The Hall–Kier alpha value is -0.400. The van der Waals surface area contributed by atoms with Gasteiger partial charge in [0.2, 0.25) is 0 Å². The van der Waals surface area contributed by atoms with Crippen LogP contribution < -0.4 is 0 Å². The van der Waals surface area contributed by atoms with Crippen LogP contribution in [0, 0.1) is 23.2 Å². The molecule has 4 aliphatic carbocycles. The Bertz CT molecular complexity index is 548. The summed E-state index contributed by atoms with van der Waals surface area (Å²) in [5.41, 5.74) is 3.22. The summed E-state index contributed by atoms with van der Waals surface area (Å²) in [5.74, 6) is 2.54. The van der Waals surface area contributed by atoms with Gasteiger partial charge in [-0.15, -0.1) is 4.33 Å². The monoisotopic (exact) mass is 354 g/mol. The van der Waals surface area contributed by atoms with E-state index in [1.807, 2.05) is 0 Å². The maximum atomic E-state index is 12.4. The maximum absolute atomic E-state index is 12.4. The smallest absolute Gasteiger partial charge is 0.197 e. The molecule has 5 nitrogen and oxygen atoms in total. The Morgan fingerprint density at radius 1 is 1.17 bits per heavy atom. The van der Waals surface area contributed by atoms with E-state index < -0.39 is 0 Å². The molecule has 0 heterocycles. The van der Waals surface area contributed by atoms with E-state index in [4.69, 9.17) is 9.44 Å². The molecule has 2 saturated carbocycles. The van der Waals surface area contributed by atoms with Gasteiger partial charge in [0.25, 0.3) is 0 Å². The van der Waals surface area contributed by atoms with Crippen molar-refractivity contribution in [3.05, 3.63) is 11.1 Å². The molecule has 1 N–H and O–H groups in total. The second-order valence-corrected chi connectivity index (χ2v) is 8.60. The molecular weight excluding hydrogens is 328 g/mol. The first-order valence-electron chi connectivity index (χ1n) is 9.18. The number of fused-ring (bicyclic) bond motifs is 4. The lowest BCUT2D eigenvalue weighted by Crippen LogP contribution is -2.44. The van der Waals surface area contributed by atoms with Crippen molar-refractivity contribution < 1.29 is 23.6 Å². The highest BCUT2D eigenvalue weighted by Gasteiger charge is 2.55. The average Bonchev–Trinajstić information content (AvgIpc) is 2.90. The molecular formula is C18H26O5S. The molecule has 0 aromatic heterocycles. The van der Waals surface area contributed by atoms with Crippen molar-refractivity contribution in [1.29, 1.82) is 0 Å². The molecule has 0 aromatic rings. The fourth-order valence-corrected chi connectivity index (χ4v) is 6.44. The van der Waals surface area contributed by atoms with Crippen molar-refractivity contribution >= 4 is 18.1 Å². The van der Waals surface area contributed by atoms with Crippen LogP contribution in [0.3, 0.4) is 0 Å². The van der Waals surface area contributed by atoms with Gasteiger partial charge in [0, 0.05) is 11.8 Å². The summed E-state index contributed by atoms with van der Waals surface area (Å²) in [6, 6.07) is 0. The predicted octanol–water partition coefficient (Wildman–Crippen LogP) is 4.64. The number of hydrogen-bond donors (Lipinski definition) is 1. The van der Waals surface area contributed by atoms with Crippen molar-refractivity contribution in [3.8, 4) is 0 Å². The highest BCUT2D eigenvalue weighted by molar-refractivity contribution is 7.89. The molecule has 134 valence electrons. The number of carbonyl (C=O) groups excluding carboxylic acids is 1. The maximum Gasteiger partial charge on any atom is 0.197 e. The van der Waals surface area contributed by atoms with Crippen LogP contribution in [0.1, 0.15) is 64.7 Å². The summed E-state index contributed by atoms with van der Waals surface area (Å²) in [5, 5.41) is 11.7. The van der Waals surface area contributed by atoms with Gasteiger partial charge >= 0.3 is 0 Å². The third-order valence-corrected chi connectivity index (χ3v) is 7.74. The zero-order chi connectivity index (χ0) is 16.7. The predicted molar refractivity (Wildman–Crippen MR) is 89.4 cm³/mol. The quantitative estimate of drug-likeness (QED) is 0.261. The molecule has 0 bridgehead atoms. The number of rotatable bonds is 4. The Morgan fingerprint density at radius 2 is 2.04 bits per heavy atom. The minimum absolute atomic E-state index is 0.0299. The van der Waals surface area contributed by atoms with Gasteiger partial charge in [-0.1, -0.05) is 23.1 Å². The van der Waals surface area contributed by atoms with Crippen molar-refractivity contribution in [2.45, 2.75) is 70.8 Å². The molecule has 0 aliphatic heterocycles. The number of allylic oxidation sites excluding steroid dienone is 1. The summed E-state index contributed by atoms with van der Waals surface area (Å²) >= 11 is 0.702. The Balaban J connectivity index is 1.47. The van der Waals surface area contributed by atoms with Crippen LogP contribution in [0.15, 0.2) is 11.1 Å². The minimum Gasteiger partial charge on any atom is -0.299 e. The van der Waals surface area contributed by atoms with E-state index in [1.165, 1.54) is 12.8 Å². The van der Waals surface area contributed by atoms with Crippen LogP contribution in [0.4, 0.5) is 0 Å². The molecule has 4 unspecified atom stereocenters. The van der Waals surface area contributed by atoms with Crippen molar-refractivity contribution in [2.75, 3.05) is 0 Å². The van der Waals surface area contributed by atoms with Crippen LogP contribution in [0.25, 0.3) is 0 Å². The van der Waals surface area contributed by atoms with Crippen LogP contribution in [-0.2, 0) is 18.3 Å². The van der Waals surface area contributed by atoms with Gasteiger partial charge in [0.05, 0.1) is 6.10 Å². The number of Topliss-reactive ketones (excluding diaryl/α,β-unsaturated/α-hetero) is 1. The first-order chi connectivity index (χ1) is 11.6. The summed E-state index contributed by atoms with van der Waals surface area (Å²) < 4.78 is 9.87. The van der Waals surface area contributed by atoms with Gasteiger partial charge in [0.1, 0.15) is 5.78 Å². The SMILES string of the molecule is CC12CCC3C4=C(CCC3C1CCC2=O)C[C@@H](OSOOO)CC4. The second-order valence-electron chi connectivity index (χ2n) is 8.13. The van der Waals surface area contributed by atoms with Crippen molar-refractivity contribution in [2.24, 2.45) is 23.2 Å². The number of carbonyl (C=O) groups is 1. The second kappa shape index (κ2) is 6.72. The molecule has 0 aromatic carbocycles. The van der Waals surface area contributed by atoms with Crippen LogP contribution in [-0.4, -0.2) is 17.1 Å². The molecule has 0 spiro atoms. The molecule has 0 amide bonds. The third kappa shape index (κ3) is 2.76. The first-order valence-corrected chi connectivity index (χ1v) is 9.84. The topological polar surface area (TPSA) is 65.0 Å².